The molecular weight excluding hydrogens is 450 g/mol. The van der Waals surface area contributed by atoms with E-state index in [2.05, 4.69) is 42.3 Å². The lowest BCUT2D eigenvalue weighted by Crippen LogP contribution is -2.14. The van der Waals surface area contributed by atoms with E-state index in [1.807, 2.05) is 19.1 Å². The van der Waals surface area contributed by atoms with Crippen molar-refractivity contribution in [1.82, 2.24) is 4.98 Å². The molecule has 0 radical (unpaired) electrons. The Hall–Kier alpha value is -3.91. The number of hydrogen-bond acceptors (Lipinski definition) is 6. The number of allylic oxidation sites excluding steroid dienone is 1. The Morgan fingerprint density at radius 2 is 2.00 bits per heavy atom. The van der Waals surface area contributed by atoms with Crippen molar-refractivity contribution in [2.45, 2.75) is 27.2 Å². The highest BCUT2D eigenvalue weighted by molar-refractivity contribution is 7.14. The first-order valence-electron chi connectivity index (χ1n) is 10.6. The standard InChI is InChI=1S/C26H25N3O4S/c1-14-5-6-18(15(2)7-14)21-12-33-23-11-22(32-4)19(10-20(21)23)16(3)8-25(31)29-26-28-17(13-34-26)9-24(27)30/h5-8,10-13H,9H2,1-4H3,(H2,27,30)(H,28,29,31)/b16-8+. The number of nitrogens with two attached hydrogens (primary N) is 1. The summed E-state index contributed by atoms with van der Waals surface area (Å²) >= 11 is 1.24. The monoisotopic (exact) mass is 475 g/mol. The van der Waals surface area contributed by atoms with Gasteiger partial charge >= 0.3 is 0 Å². The summed E-state index contributed by atoms with van der Waals surface area (Å²) in [4.78, 5) is 27.9. The molecule has 0 fully saturated rings. The third-order valence-electron chi connectivity index (χ3n) is 5.48. The molecule has 3 N–H and O–H groups in total. The van der Waals surface area contributed by atoms with E-state index in [1.54, 1.807) is 18.8 Å². The van der Waals surface area contributed by atoms with Gasteiger partial charge in [0.2, 0.25) is 11.8 Å². The fourth-order valence-corrected chi connectivity index (χ4v) is 4.61. The maximum Gasteiger partial charge on any atom is 0.250 e. The number of benzene rings is 2. The maximum atomic E-state index is 12.6. The molecule has 0 unspecified atom stereocenters. The van der Waals surface area contributed by atoms with Crippen LogP contribution in [0.15, 0.2) is 52.5 Å². The number of aryl methyl sites for hydroxylation is 2. The molecule has 0 aliphatic rings. The van der Waals surface area contributed by atoms with Crippen LogP contribution in [0.2, 0.25) is 0 Å². The minimum atomic E-state index is -0.471. The second-order valence-corrected chi connectivity index (χ2v) is 8.98. The average molecular weight is 476 g/mol. The van der Waals surface area contributed by atoms with Crippen LogP contribution in [0.3, 0.4) is 0 Å². The van der Waals surface area contributed by atoms with Crippen molar-refractivity contribution in [2.24, 2.45) is 5.73 Å². The van der Waals surface area contributed by atoms with Crippen LogP contribution in [-0.2, 0) is 16.0 Å². The number of fused-ring (bicyclic) bond motifs is 1. The summed E-state index contributed by atoms with van der Waals surface area (Å²) < 4.78 is 11.4. The van der Waals surface area contributed by atoms with E-state index in [4.69, 9.17) is 14.9 Å². The summed E-state index contributed by atoms with van der Waals surface area (Å²) in [7, 11) is 1.59. The Balaban J connectivity index is 1.66. The Morgan fingerprint density at radius 3 is 2.71 bits per heavy atom. The highest BCUT2D eigenvalue weighted by Crippen LogP contribution is 2.38. The van der Waals surface area contributed by atoms with Crippen molar-refractivity contribution < 1.29 is 18.7 Å². The van der Waals surface area contributed by atoms with Gasteiger partial charge in [-0.15, -0.1) is 11.3 Å². The maximum absolute atomic E-state index is 12.6. The van der Waals surface area contributed by atoms with Gasteiger partial charge in [0.05, 0.1) is 25.5 Å². The van der Waals surface area contributed by atoms with Gasteiger partial charge in [0, 0.05) is 34.0 Å². The molecule has 0 aliphatic carbocycles. The number of furan rings is 1. The number of thiazole rings is 1. The van der Waals surface area contributed by atoms with Crippen molar-refractivity contribution >= 4 is 44.8 Å². The van der Waals surface area contributed by atoms with Crippen LogP contribution in [0.25, 0.3) is 27.7 Å². The van der Waals surface area contributed by atoms with E-state index < -0.39 is 5.91 Å². The molecule has 4 rings (SSSR count). The third kappa shape index (κ3) is 4.87. The summed E-state index contributed by atoms with van der Waals surface area (Å²) in [6, 6.07) is 10.1. The van der Waals surface area contributed by atoms with Gasteiger partial charge in [0.1, 0.15) is 11.3 Å². The van der Waals surface area contributed by atoms with Crippen molar-refractivity contribution in [1.29, 1.82) is 0 Å². The van der Waals surface area contributed by atoms with Crippen LogP contribution < -0.4 is 15.8 Å². The lowest BCUT2D eigenvalue weighted by atomic mass is 9.96. The van der Waals surface area contributed by atoms with E-state index >= 15 is 0 Å². The second-order valence-electron chi connectivity index (χ2n) is 8.12. The molecule has 0 saturated heterocycles. The average Bonchev–Trinajstić information content (AvgIpc) is 3.38. The Bertz CT molecular complexity index is 1430. The van der Waals surface area contributed by atoms with E-state index in [0.717, 1.165) is 33.2 Å². The molecule has 8 heteroatoms. The Labute approximate surface area is 201 Å². The molecule has 2 aromatic carbocycles. The first-order valence-corrected chi connectivity index (χ1v) is 11.5. The number of carbonyl (C=O) groups is 2. The normalized spacial score (nSPS) is 11.6. The summed E-state index contributed by atoms with van der Waals surface area (Å²) in [6.45, 7) is 5.99. The molecule has 174 valence electrons. The fraction of sp³-hybridized carbons (Fsp3) is 0.192. The predicted molar refractivity (Wildman–Crippen MR) is 135 cm³/mol. The number of nitrogens with one attached hydrogen (secondary N) is 1. The van der Waals surface area contributed by atoms with Gasteiger partial charge in [-0.05, 0) is 43.5 Å². The number of amides is 2. The molecule has 4 aromatic rings. The van der Waals surface area contributed by atoms with Gasteiger partial charge in [0.25, 0.3) is 0 Å². The number of methoxy groups -OCH3 is 1. The number of hydrogen-bond donors (Lipinski definition) is 2. The molecule has 2 aromatic heterocycles. The van der Waals surface area contributed by atoms with Gasteiger partial charge in [-0.3, -0.25) is 14.9 Å². The van der Waals surface area contributed by atoms with Crippen LogP contribution in [-0.4, -0.2) is 23.9 Å². The van der Waals surface area contributed by atoms with Gasteiger partial charge < -0.3 is 14.9 Å². The number of rotatable bonds is 7. The number of aromatic nitrogens is 1. The molecular formula is C26H25N3O4S. The molecule has 2 amide bonds. The minimum absolute atomic E-state index is 0.0337. The lowest BCUT2D eigenvalue weighted by Gasteiger charge is -2.11. The van der Waals surface area contributed by atoms with Gasteiger partial charge in [-0.1, -0.05) is 23.8 Å². The number of nitrogens with zero attached hydrogens (tertiary/aromatic N) is 1. The van der Waals surface area contributed by atoms with Crippen molar-refractivity contribution in [3.8, 4) is 16.9 Å². The molecule has 7 nitrogen and oxygen atoms in total. The van der Waals surface area contributed by atoms with Crippen LogP contribution in [0.5, 0.6) is 5.75 Å². The van der Waals surface area contributed by atoms with Crippen LogP contribution >= 0.6 is 11.3 Å². The summed E-state index contributed by atoms with van der Waals surface area (Å²) in [5, 5.41) is 5.77. The molecule has 0 bridgehead atoms. The quantitative estimate of drug-likeness (QED) is 0.355. The van der Waals surface area contributed by atoms with Crippen molar-refractivity contribution in [2.75, 3.05) is 12.4 Å². The Morgan fingerprint density at radius 1 is 1.21 bits per heavy atom. The molecule has 2 heterocycles. The highest BCUT2D eigenvalue weighted by atomic mass is 32.1. The van der Waals surface area contributed by atoms with E-state index in [9.17, 15) is 9.59 Å². The zero-order chi connectivity index (χ0) is 24.4. The second kappa shape index (κ2) is 9.52. The first kappa shape index (κ1) is 23.3. The minimum Gasteiger partial charge on any atom is -0.496 e. The summed E-state index contributed by atoms with van der Waals surface area (Å²) in [5.74, 6) is -0.198. The van der Waals surface area contributed by atoms with Crippen LogP contribution in [0, 0.1) is 13.8 Å². The van der Waals surface area contributed by atoms with Crippen LogP contribution in [0.1, 0.15) is 29.3 Å². The van der Waals surface area contributed by atoms with Gasteiger partial charge in [-0.2, -0.15) is 0 Å². The molecule has 34 heavy (non-hydrogen) atoms. The molecule has 0 spiro atoms. The number of anilines is 1. The zero-order valence-corrected chi connectivity index (χ0v) is 20.2. The molecule has 0 saturated carbocycles. The summed E-state index contributed by atoms with van der Waals surface area (Å²) in [6.07, 6.45) is 3.28. The smallest absolute Gasteiger partial charge is 0.250 e. The molecule has 0 aliphatic heterocycles. The number of primary amides is 1. The lowest BCUT2D eigenvalue weighted by molar-refractivity contribution is -0.117. The zero-order valence-electron chi connectivity index (χ0n) is 19.4. The largest absolute Gasteiger partial charge is 0.496 e. The third-order valence-corrected chi connectivity index (χ3v) is 6.28. The van der Waals surface area contributed by atoms with Crippen LogP contribution in [0.4, 0.5) is 5.13 Å². The highest BCUT2D eigenvalue weighted by Gasteiger charge is 2.16. The molecule has 0 atom stereocenters. The van der Waals surface area contributed by atoms with Crippen molar-refractivity contribution in [3.05, 3.63) is 70.4 Å². The van der Waals surface area contributed by atoms with Crippen molar-refractivity contribution in [3.63, 3.8) is 0 Å². The SMILES string of the molecule is COc1cc2occ(-c3ccc(C)cc3C)c2cc1/C(C)=C/C(=O)Nc1nc(CC(N)=O)cs1. The Kier molecular flexibility index (Phi) is 6.51. The summed E-state index contributed by atoms with van der Waals surface area (Å²) in [5.41, 5.74) is 12.4. The fourth-order valence-electron chi connectivity index (χ4n) is 3.90. The first-order chi connectivity index (χ1) is 16.2. The van der Waals surface area contributed by atoms with E-state index in [0.29, 0.717) is 22.2 Å². The topological polar surface area (TPSA) is 107 Å². The van der Waals surface area contributed by atoms with E-state index in [-0.39, 0.29) is 12.3 Å². The van der Waals surface area contributed by atoms with Gasteiger partial charge in [-0.25, -0.2) is 4.98 Å². The van der Waals surface area contributed by atoms with Gasteiger partial charge in [0.15, 0.2) is 5.13 Å². The number of carbonyl (C=O) groups excluding carboxylic acids is 2. The predicted octanol–water partition coefficient (Wildman–Crippen LogP) is 5.25. The number of ether oxygens (including phenoxy) is 1. The van der Waals surface area contributed by atoms with E-state index in [1.165, 1.54) is 23.0 Å².